The lowest BCUT2D eigenvalue weighted by Crippen LogP contribution is -2.40. The Bertz CT molecular complexity index is 401. The zero-order valence-corrected chi connectivity index (χ0v) is 13.3. The monoisotopic (exact) mass is 293 g/mol. The van der Waals surface area contributed by atoms with Crippen molar-refractivity contribution in [3.8, 4) is 0 Å². The fourth-order valence-electron chi connectivity index (χ4n) is 3.31. The molecule has 2 rings (SSSR count). The van der Waals surface area contributed by atoms with Gasteiger partial charge in [0.15, 0.2) is 0 Å². The van der Waals surface area contributed by atoms with Crippen LogP contribution < -0.4 is 5.32 Å². The summed E-state index contributed by atoms with van der Waals surface area (Å²) in [7, 11) is 0. The fraction of sp³-hybridized carbons (Fsp3) is 0.706. The van der Waals surface area contributed by atoms with Gasteiger partial charge in [0, 0.05) is 6.54 Å². The number of hydrogen-bond acceptors (Lipinski definition) is 3. The number of nitrogens with one attached hydrogen (secondary N) is 1. The summed E-state index contributed by atoms with van der Waals surface area (Å²) in [5, 5.41) is 3.49. The van der Waals surface area contributed by atoms with Crippen molar-refractivity contribution in [3.05, 3.63) is 29.8 Å². The molecule has 3 nitrogen and oxygen atoms in total. The van der Waals surface area contributed by atoms with E-state index in [4.69, 9.17) is 0 Å². The summed E-state index contributed by atoms with van der Waals surface area (Å²) in [6.07, 6.45) is 6.07. The molecule has 0 saturated carbocycles. The van der Waals surface area contributed by atoms with Gasteiger partial charge in [-0.25, -0.2) is 4.39 Å². The molecular formula is C17H28FN3. The lowest BCUT2D eigenvalue weighted by molar-refractivity contribution is 0.147. The minimum Gasteiger partial charge on any atom is -0.316 e. The lowest BCUT2D eigenvalue weighted by Gasteiger charge is -2.35. The van der Waals surface area contributed by atoms with Crippen LogP contribution in [0.2, 0.25) is 0 Å². The van der Waals surface area contributed by atoms with Crippen LogP contribution in [0.25, 0.3) is 0 Å². The van der Waals surface area contributed by atoms with Crippen molar-refractivity contribution in [1.29, 1.82) is 0 Å². The standard InChI is InChI=1S/C17H28FN3/c1-3-10-21(13-14-6-5-9-19-11-14)17(4-2)16-8-7-15(18)12-20-16/h7-8,12,14,17,19H,3-6,9-11,13H2,1-2H3. The van der Waals surface area contributed by atoms with Gasteiger partial charge < -0.3 is 5.32 Å². The highest BCUT2D eigenvalue weighted by atomic mass is 19.1. The lowest BCUT2D eigenvalue weighted by atomic mass is 9.97. The summed E-state index contributed by atoms with van der Waals surface area (Å²) >= 11 is 0. The highest BCUT2D eigenvalue weighted by Gasteiger charge is 2.23. The molecule has 0 aromatic carbocycles. The summed E-state index contributed by atoms with van der Waals surface area (Å²) in [5.41, 5.74) is 0.996. The molecule has 1 N–H and O–H groups in total. The minimum atomic E-state index is -0.257. The van der Waals surface area contributed by atoms with Crippen LogP contribution in [0.1, 0.15) is 51.3 Å². The summed E-state index contributed by atoms with van der Waals surface area (Å²) < 4.78 is 13.1. The third-order valence-electron chi connectivity index (χ3n) is 4.32. The van der Waals surface area contributed by atoms with E-state index in [1.807, 2.05) is 6.07 Å². The molecule has 118 valence electrons. The molecule has 21 heavy (non-hydrogen) atoms. The molecule has 1 aromatic heterocycles. The zero-order chi connectivity index (χ0) is 15.1. The van der Waals surface area contributed by atoms with Gasteiger partial charge in [0.05, 0.1) is 17.9 Å². The SMILES string of the molecule is CCCN(CC1CCCNC1)C(CC)c1ccc(F)cn1. The van der Waals surface area contributed by atoms with Gasteiger partial charge in [-0.05, 0) is 63.4 Å². The van der Waals surface area contributed by atoms with Crippen molar-refractivity contribution < 1.29 is 4.39 Å². The first-order chi connectivity index (χ1) is 10.2. The van der Waals surface area contributed by atoms with Gasteiger partial charge >= 0.3 is 0 Å². The van der Waals surface area contributed by atoms with E-state index < -0.39 is 0 Å². The van der Waals surface area contributed by atoms with E-state index in [1.165, 1.54) is 25.1 Å². The summed E-state index contributed by atoms with van der Waals surface area (Å²) in [6.45, 7) is 8.87. The number of nitrogens with zero attached hydrogens (tertiary/aromatic N) is 2. The minimum absolute atomic E-state index is 0.257. The van der Waals surface area contributed by atoms with E-state index in [9.17, 15) is 4.39 Å². The van der Waals surface area contributed by atoms with E-state index in [0.717, 1.165) is 50.6 Å². The second-order valence-corrected chi connectivity index (χ2v) is 6.03. The first-order valence-electron chi connectivity index (χ1n) is 8.30. The van der Waals surface area contributed by atoms with Crippen LogP contribution in [-0.2, 0) is 0 Å². The van der Waals surface area contributed by atoms with Crippen LogP contribution in [-0.4, -0.2) is 36.1 Å². The second-order valence-electron chi connectivity index (χ2n) is 6.03. The molecule has 4 heteroatoms. The molecule has 0 radical (unpaired) electrons. The van der Waals surface area contributed by atoms with Gasteiger partial charge in [-0.1, -0.05) is 13.8 Å². The van der Waals surface area contributed by atoms with E-state index >= 15 is 0 Å². The van der Waals surface area contributed by atoms with E-state index in [1.54, 1.807) is 0 Å². The van der Waals surface area contributed by atoms with E-state index in [2.05, 4.69) is 29.0 Å². The Hall–Kier alpha value is -1.00. The number of hydrogen-bond donors (Lipinski definition) is 1. The summed E-state index contributed by atoms with van der Waals surface area (Å²) in [4.78, 5) is 6.85. The van der Waals surface area contributed by atoms with Gasteiger partial charge in [-0.3, -0.25) is 9.88 Å². The molecule has 1 aliphatic rings. The quantitative estimate of drug-likeness (QED) is 0.835. The molecule has 1 aromatic rings. The Balaban J connectivity index is 2.07. The third kappa shape index (κ3) is 4.75. The number of rotatable bonds is 7. The van der Waals surface area contributed by atoms with Gasteiger partial charge in [-0.15, -0.1) is 0 Å². The van der Waals surface area contributed by atoms with Crippen molar-refractivity contribution in [2.45, 2.75) is 45.6 Å². The van der Waals surface area contributed by atoms with Crippen LogP contribution in [0.4, 0.5) is 4.39 Å². The van der Waals surface area contributed by atoms with Crippen molar-refractivity contribution in [3.63, 3.8) is 0 Å². The Morgan fingerprint density at radius 3 is 2.86 bits per heavy atom. The number of piperidine rings is 1. The average Bonchev–Trinajstić information content (AvgIpc) is 2.51. The van der Waals surface area contributed by atoms with E-state index in [-0.39, 0.29) is 5.82 Å². The number of aromatic nitrogens is 1. The molecule has 1 fully saturated rings. The molecule has 0 bridgehead atoms. The summed E-state index contributed by atoms with van der Waals surface area (Å²) in [6, 6.07) is 3.66. The molecule has 0 spiro atoms. The van der Waals surface area contributed by atoms with Crippen molar-refractivity contribution in [2.75, 3.05) is 26.2 Å². The first-order valence-corrected chi connectivity index (χ1v) is 8.30. The van der Waals surface area contributed by atoms with Gasteiger partial charge in [-0.2, -0.15) is 0 Å². The Morgan fingerprint density at radius 2 is 2.29 bits per heavy atom. The molecule has 0 aliphatic carbocycles. The molecule has 1 saturated heterocycles. The molecular weight excluding hydrogens is 265 g/mol. The van der Waals surface area contributed by atoms with Crippen LogP contribution in [0.15, 0.2) is 18.3 Å². The molecule has 0 amide bonds. The smallest absolute Gasteiger partial charge is 0.141 e. The predicted octanol–water partition coefficient (Wildman–Crippen LogP) is 3.38. The maximum Gasteiger partial charge on any atom is 0.141 e. The normalized spacial score (nSPS) is 20.7. The Labute approximate surface area is 127 Å². The second kappa shape index (κ2) is 8.44. The molecule has 2 unspecified atom stereocenters. The third-order valence-corrected chi connectivity index (χ3v) is 4.32. The van der Waals surface area contributed by atoms with Crippen LogP contribution >= 0.6 is 0 Å². The molecule has 2 atom stereocenters. The van der Waals surface area contributed by atoms with Crippen molar-refractivity contribution >= 4 is 0 Å². The average molecular weight is 293 g/mol. The topological polar surface area (TPSA) is 28.2 Å². The van der Waals surface area contributed by atoms with Crippen LogP contribution in [0.3, 0.4) is 0 Å². The van der Waals surface area contributed by atoms with Gasteiger partial charge in [0.1, 0.15) is 5.82 Å². The Kier molecular flexibility index (Phi) is 6.58. The van der Waals surface area contributed by atoms with Gasteiger partial charge in [0.2, 0.25) is 0 Å². The predicted molar refractivity (Wildman–Crippen MR) is 84.7 cm³/mol. The number of pyridine rings is 1. The first kappa shape index (κ1) is 16.4. The van der Waals surface area contributed by atoms with Crippen molar-refractivity contribution in [1.82, 2.24) is 15.2 Å². The van der Waals surface area contributed by atoms with E-state index in [0.29, 0.717) is 6.04 Å². The molecule has 1 aliphatic heterocycles. The van der Waals surface area contributed by atoms with Crippen LogP contribution in [0.5, 0.6) is 0 Å². The largest absolute Gasteiger partial charge is 0.316 e. The van der Waals surface area contributed by atoms with Gasteiger partial charge in [0.25, 0.3) is 0 Å². The fourth-order valence-corrected chi connectivity index (χ4v) is 3.31. The van der Waals surface area contributed by atoms with Crippen molar-refractivity contribution in [2.24, 2.45) is 5.92 Å². The highest BCUT2D eigenvalue weighted by molar-refractivity contribution is 5.10. The summed E-state index contributed by atoms with van der Waals surface area (Å²) in [5.74, 6) is 0.465. The zero-order valence-electron chi connectivity index (χ0n) is 13.3. The van der Waals surface area contributed by atoms with Crippen LogP contribution in [0, 0.1) is 11.7 Å². The maximum atomic E-state index is 13.1. The highest BCUT2D eigenvalue weighted by Crippen LogP contribution is 2.25. The maximum absolute atomic E-state index is 13.1. The molecule has 2 heterocycles. The Morgan fingerprint density at radius 1 is 1.43 bits per heavy atom. The number of halogens is 1.